The molecule has 0 amide bonds. The Bertz CT molecular complexity index is 1680. The molecular weight excluding hydrogens is 550 g/mol. The summed E-state index contributed by atoms with van der Waals surface area (Å²) in [4.78, 5) is 20.9. The molecule has 2 radical (unpaired) electrons. The number of aliphatic imine (C=N–C) groups is 1. The van der Waals surface area contributed by atoms with Crippen molar-refractivity contribution in [1.82, 2.24) is 9.55 Å². The van der Waals surface area contributed by atoms with Crippen molar-refractivity contribution in [2.24, 2.45) is 4.99 Å². The highest BCUT2D eigenvalue weighted by atomic mass is 28.2. The van der Waals surface area contributed by atoms with Gasteiger partial charge in [-0.2, -0.15) is 4.98 Å². The number of hydrogen-bond donors (Lipinski definition) is 4. The van der Waals surface area contributed by atoms with Crippen molar-refractivity contribution in [2.75, 3.05) is 11.1 Å². The third-order valence-electron chi connectivity index (χ3n) is 7.68. The highest BCUT2D eigenvalue weighted by molar-refractivity contribution is 6.32. The fourth-order valence-electron chi connectivity index (χ4n) is 5.69. The number of nitrogens with zero attached hydrogens (tertiary/aromatic N) is 3. The fraction of sp³-hybridized carbons (Fsp3) is 0.323. The van der Waals surface area contributed by atoms with Crippen molar-refractivity contribution >= 4 is 44.2 Å². The molecule has 0 saturated carbocycles. The van der Waals surface area contributed by atoms with Crippen LogP contribution in [0.2, 0.25) is 5.04 Å². The van der Waals surface area contributed by atoms with Crippen LogP contribution in [0.4, 0.5) is 17.3 Å². The molecular formula is C31H33N5O5Si. The summed E-state index contributed by atoms with van der Waals surface area (Å²) in [5.74, 6) is 0.678. The molecule has 42 heavy (non-hydrogen) atoms. The Morgan fingerprint density at radius 3 is 2.31 bits per heavy atom. The van der Waals surface area contributed by atoms with Crippen LogP contribution in [0.5, 0.6) is 0 Å². The van der Waals surface area contributed by atoms with Crippen LogP contribution in [-0.4, -0.2) is 53.7 Å². The molecule has 216 valence electrons. The average Bonchev–Trinajstić information content (AvgIpc) is 3.41. The first-order valence-electron chi connectivity index (χ1n) is 13.7. The molecule has 6 rings (SSSR count). The molecule has 1 fully saturated rings. The Balaban J connectivity index is 1.56. The first-order chi connectivity index (χ1) is 19.9. The van der Waals surface area contributed by atoms with Gasteiger partial charge in [-0.1, -0.05) is 81.4 Å². The monoisotopic (exact) mass is 583 g/mol. The minimum absolute atomic E-state index is 0.0252. The van der Waals surface area contributed by atoms with Crippen LogP contribution in [0.15, 0.2) is 82.7 Å². The molecule has 4 unspecified atom stereocenters. The summed E-state index contributed by atoms with van der Waals surface area (Å²) < 4.78 is 15.3. The van der Waals surface area contributed by atoms with Crippen molar-refractivity contribution in [3.05, 3.63) is 94.4 Å². The van der Waals surface area contributed by atoms with E-state index in [2.05, 4.69) is 36.1 Å². The maximum atomic E-state index is 12.3. The molecule has 10 nitrogen and oxygen atoms in total. The third kappa shape index (κ3) is 4.54. The van der Waals surface area contributed by atoms with Crippen molar-refractivity contribution < 1.29 is 19.4 Å². The van der Waals surface area contributed by atoms with Gasteiger partial charge >= 0.3 is 0 Å². The van der Waals surface area contributed by atoms with E-state index in [1.807, 2.05) is 60.7 Å². The van der Waals surface area contributed by atoms with Gasteiger partial charge in [0.25, 0.3) is 5.56 Å². The molecule has 1 saturated heterocycles. The second-order valence-electron chi connectivity index (χ2n) is 12.0. The number of anilines is 2. The second-order valence-corrected chi connectivity index (χ2v) is 13.9. The number of rotatable bonds is 6. The topological polar surface area (TPSA) is 144 Å². The highest BCUT2D eigenvalue weighted by Crippen LogP contribution is 2.52. The summed E-state index contributed by atoms with van der Waals surface area (Å²) >= 11 is 0. The highest BCUT2D eigenvalue weighted by Gasteiger charge is 2.62. The van der Waals surface area contributed by atoms with Gasteiger partial charge in [-0.05, 0) is 23.1 Å². The molecule has 2 aromatic carbocycles. The Morgan fingerprint density at radius 1 is 1.10 bits per heavy atom. The average molecular weight is 584 g/mol. The van der Waals surface area contributed by atoms with Gasteiger partial charge in [0.1, 0.15) is 35.0 Å². The lowest BCUT2D eigenvalue weighted by Gasteiger charge is -2.42. The Hall–Kier alpha value is -3.87. The van der Waals surface area contributed by atoms with E-state index in [4.69, 9.17) is 14.9 Å². The van der Waals surface area contributed by atoms with Crippen LogP contribution in [0.3, 0.4) is 0 Å². The number of hydrogen-bond acceptors (Lipinski definition) is 9. The Morgan fingerprint density at radius 2 is 1.71 bits per heavy atom. The summed E-state index contributed by atoms with van der Waals surface area (Å²) in [5, 5.41) is 27.7. The fourth-order valence-corrected chi connectivity index (χ4v) is 6.51. The van der Waals surface area contributed by atoms with Crippen LogP contribution in [-0.2, 0) is 14.8 Å². The molecule has 2 aromatic heterocycles. The number of aliphatic hydroxyl groups excluding tert-OH is 1. The lowest BCUT2D eigenvalue weighted by molar-refractivity contribution is -0.117. The number of ether oxygens (including phenoxy) is 1. The molecule has 5 N–H and O–H groups in total. The van der Waals surface area contributed by atoms with Gasteiger partial charge in [0.05, 0.1) is 11.7 Å². The zero-order valence-corrected chi connectivity index (χ0v) is 24.8. The summed E-state index contributed by atoms with van der Waals surface area (Å²) in [7, 11) is 0.0252. The predicted molar refractivity (Wildman–Crippen MR) is 163 cm³/mol. The number of nitrogens with two attached hydrogens (primary N) is 1. The van der Waals surface area contributed by atoms with Crippen LogP contribution in [0, 0.1) is 0 Å². The molecule has 11 heteroatoms. The lowest BCUT2D eigenvalue weighted by atomic mass is 9.77. The van der Waals surface area contributed by atoms with Gasteiger partial charge in [0.2, 0.25) is 9.76 Å². The van der Waals surface area contributed by atoms with Crippen LogP contribution < -0.4 is 16.6 Å². The predicted octanol–water partition coefficient (Wildman–Crippen LogP) is 3.87. The largest absolute Gasteiger partial charge is 0.401 e. The number of nitrogens with one attached hydrogen (secondary N) is 1. The summed E-state index contributed by atoms with van der Waals surface area (Å²) in [6, 6.07) is 20.5. The third-order valence-corrected chi connectivity index (χ3v) is 8.72. The number of nitrogen functional groups attached to an aromatic ring is 1. The van der Waals surface area contributed by atoms with Crippen LogP contribution in [0.1, 0.15) is 45.0 Å². The zero-order valence-electron chi connectivity index (χ0n) is 23.8. The second kappa shape index (κ2) is 10.1. The number of aromatic nitrogens is 2. The van der Waals surface area contributed by atoms with E-state index in [9.17, 15) is 15.0 Å². The van der Waals surface area contributed by atoms with E-state index in [1.54, 1.807) is 10.8 Å². The van der Waals surface area contributed by atoms with E-state index in [-0.39, 0.29) is 20.5 Å². The molecule has 2 aliphatic heterocycles. The first kappa shape index (κ1) is 28.3. The SMILES string of the molecule is CC(C)(C)[Si]OC(c1ccccc1)(c1ccccc1)C1OC(n2cc3c(N)cc(=O)nc4c3c2N=CN4)C(C)(O)C1O. The van der Waals surface area contributed by atoms with E-state index in [0.717, 1.165) is 11.1 Å². The number of aliphatic hydroxyl groups is 2. The summed E-state index contributed by atoms with van der Waals surface area (Å²) in [6.45, 7) is 7.80. The van der Waals surface area contributed by atoms with Crippen molar-refractivity contribution in [3.63, 3.8) is 0 Å². The molecule has 0 aliphatic carbocycles. The zero-order chi connectivity index (χ0) is 29.9. The smallest absolute Gasteiger partial charge is 0.273 e. The van der Waals surface area contributed by atoms with Gasteiger partial charge in [-0.15, -0.1) is 0 Å². The van der Waals surface area contributed by atoms with Crippen molar-refractivity contribution in [3.8, 4) is 0 Å². The van der Waals surface area contributed by atoms with Gasteiger partial charge in [-0.3, -0.25) is 4.79 Å². The Labute approximate surface area is 245 Å². The molecule has 4 heterocycles. The van der Waals surface area contributed by atoms with E-state index in [1.165, 1.54) is 19.3 Å². The van der Waals surface area contributed by atoms with Crippen molar-refractivity contribution in [1.29, 1.82) is 0 Å². The number of benzene rings is 2. The maximum Gasteiger partial charge on any atom is 0.273 e. The van der Waals surface area contributed by atoms with Gasteiger partial charge < -0.3 is 35.0 Å². The molecule has 4 aromatic rings. The van der Waals surface area contributed by atoms with Crippen LogP contribution >= 0.6 is 0 Å². The summed E-state index contributed by atoms with van der Waals surface area (Å²) in [6.07, 6.45) is -0.448. The van der Waals surface area contributed by atoms with Crippen molar-refractivity contribution in [2.45, 2.75) is 62.4 Å². The van der Waals surface area contributed by atoms with E-state index >= 15 is 0 Å². The minimum atomic E-state index is -1.80. The molecule has 0 spiro atoms. The first-order valence-corrected chi connectivity index (χ1v) is 14.6. The lowest BCUT2D eigenvalue weighted by Crippen LogP contribution is -2.53. The minimum Gasteiger partial charge on any atom is -0.401 e. The molecule has 4 atom stereocenters. The van der Waals surface area contributed by atoms with E-state index < -0.39 is 35.2 Å². The summed E-state index contributed by atoms with van der Waals surface area (Å²) in [5.41, 5.74) is 4.48. The van der Waals surface area contributed by atoms with E-state index in [0.29, 0.717) is 22.4 Å². The van der Waals surface area contributed by atoms with Gasteiger partial charge in [0.15, 0.2) is 6.23 Å². The molecule has 2 aliphatic rings. The van der Waals surface area contributed by atoms with Gasteiger partial charge in [0, 0.05) is 23.3 Å². The molecule has 0 bridgehead atoms. The van der Waals surface area contributed by atoms with Gasteiger partial charge in [-0.25, -0.2) is 4.99 Å². The Kier molecular flexibility index (Phi) is 6.82. The van der Waals surface area contributed by atoms with Crippen LogP contribution in [0.25, 0.3) is 10.8 Å². The normalized spacial score (nSPS) is 23.7. The maximum absolute atomic E-state index is 12.3. The standard InChI is InChI=1S/C31H33N5O5Si/c1-29(2,3)42-41-31(18-11-7-5-8-12-18,19-13-9-6-10-14-19)25-24(38)30(4,39)28(40-25)36-16-20-21(32)15-22(37)35-26-23(20)27(36)34-17-33-26/h5-17,24-25,28,38-39H,32H2,1-4H3,(H,33,34,35,37). The quantitative estimate of drug-likeness (QED) is 0.251.